The molecule has 1 amide bonds. The number of nitro benzene ring substituents is 1. The van der Waals surface area contributed by atoms with Crippen molar-refractivity contribution in [3.63, 3.8) is 0 Å². The smallest absolute Gasteiger partial charge is 0.271 e. The monoisotopic (exact) mass is 297 g/mol. The van der Waals surface area contributed by atoms with Crippen LogP contribution in [0.15, 0.2) is 18.2 Å². The summed E-state index contributed by atoms with van der Waals surface area (Å²) in [4.78, 5) is 24.1. The van der Waals surface area contributed by atoms with Crippen molar-refractivity contribution in [1.29, 1.82) is 0 Å². The zero-order chi connectivity index (χ0) is 14.5. The van der Waals surface area contributed by atoms with Gasteiger partial charge in [0.15, 0.2) is 0 Å². The third-order valence-corrected chi connectivity index (χ3v) is 3.57. The molecule has 1 aromatic carbocycles. The molecule has 0 spiro atoms. The van der Waals surface area contributed by atoms with Crippen molar-refractivity contribution < 1.29 is 9.72 Å². The van der Waals surface area contributed by atoms with E-state index in [4.69, 9.17) is 11.6 Å². The quantitative estimate of drug-likeness (QED) is 0.685. The summed E-state index contributed by atoms with van der Waals surface area (Å²) in [6.07, 6.45) is 3.45. The third kappa shape index (κ3) is 3.91. The fourth-order valence-corrected chi connectivity index (χ4v) is 2.45. The number of carbonyl (C=O) groups excluding carboxylic acids is 1. The minimum absolute atomic E-state index is 0.0935. The van der Waals surface area contributed by atoms with Crippen LogP contribution < -0.4 is 5.32 Å². The van der Waals surface area contributed by atoms with E-state index in [0.29, 0.717) is 12.2 Å². The van der Waals surface area contributed by atoms with E-state index in [1.54, 1.807) is 0 Å². The highest BCUT2D eigenvalue weighted by Crippen LogP contribution is 2.26. The Morgan fingerprint density at radius 1 is 1.35 bits per heavy atom. The molecule has 0 unspecified atom stereocenters. The van der Waals surface area contributed by atoms with Gasteiger partial charge in [0.2, 0.25) is 5.91 Å². The zero-order valence-electron chi connectivity index (χ0n) is 11.0. The molecule has 1 N–H and O–H groups in total. The van der Waals surface area contributed by atoms with Gasteiger partial charge >= 0.3 is 0 Å². The third-order valence-electron chi connectivity index (χ3n) is 3.25. The number of anilines is 1. The topological polar surface area (TPSA) is 75.5 Å². The van der Waals surface area contributed by atoms with Gasteiger partial charge in [-0.1, -0.05) is 18.0 Å². The summed E-state index contributed by atoms with van der Waals surface area (Å²) in [5.41, 5.74) is 0.309. The van der Waals surface area contributed by atoms with E-state index >= 15 is 0 Å². The minimum atomic E-state index is -0.523. The first-order valence-corrected chi connectivity index (χ1v) is 6.90. The number of non-ortho nitro benzene ring substituents is 1. The van der Waals surface area contributed by atoms with Crippen LogP contribution in [0.5, 0.6) is 0 Å². The average molecular weight is 298 g/mol. The Bertz CT molecular complexity index is 516. The number of benzene rings is 1. The first kappa shape index (κ1) is 14.7. The predicted octanol–water partition coefficient (Wildman–Crippen LogP) is 2.67. The second-order valence-corrected chi connectivity index (χ2v) is 5.21. The molecular weight excluding hydrogens is 282 g/mol. The number of nitrogens with zero attached hydrogens (tertiary/aromatic N) is 2. The number of piperidine rings is 1. The van der Waals surface area contributed by atoms with Gasteiger partial charge in [0.1, 0.15) is 0 Å². The van der Waals surface area contributed by atoms with E-state index in [-0.39, 0.29) is 16.6 Å². The number of rotatable bonds is 4. The van der Waals surface area contributed by atoms with Crippen LogP contribution in [0.4, 0.5) is 11.4 Å². The Kier molecular flexibility index (Phi) is 4.92. The number of carbonyl (C=O) groups is 1. The standard InChI is InChI=1S/C13H16ClN3O3/c14-11-8-10(17(19)20)4-5-12(11)15-13(18)9-16-6-2-1-3-7-16/h4-5,8H,1-3,6-7,9H2,(H,15,18). The van der Waals surface area contributed by atoms with Crippen LogP contribution in [0, 0.1) is 10.1 Å². The van der Waals surface area contributed by atoms with Crippen molar-refractivity contribution in [3.8, 4) is 0 Å². The molecule has 6 nitrogen and oxygen atoms in total. The number of likely N-dealkylation sites (tertiary alicyclic amines) is 1. The molecule has 0 saturated carbocycles. The number of nitro groups is 1. The van der Waals surface area contributed by atoms with Gasteiger partial charge in [-0.05, 0) is 32.0 Å². The molecular formula is C13H16ClN3O3. The number of nitrogens with one attached hydrogen (secondary N) is 1. The summed E-state index contributed by atoms with van der Waals surface area (Å²) >= 11 is 5.93. The van der Waals surface area contributed by atoms with E-state index in [1.807, 2.05) is 0 Å². The van der Waals surface area contributed by atoms with E-state index in [9.17, 15) is 14.9 Å². The van der Waals surface area contributed by atoms with E-state index in [1.165, 1.54) is 24.6 Å². The molecule has 7 heteroatoms. The minimum Gasteiger partial charge on any atom is -0.324 e. The van der Waals surface area contributed by atoms with E-state index < -0.39 is 4.92 Å². The Labute approximate surface area is 121 Å². The highest BCUT2D eigenvalue weighted by molar-refractivity contribution is 6.34. The fraction of sp³-hybridized carbons (Fsp3) is 0.462. The highest BCUT2D eigenvalue weighted by atomic mass is 35.5. The normalized spacial score (nSPS) is 15.8. The first-order valence-electron chi connectivity index (χ1n) is 6.52. The molecule has 1 aliphatic rings. The van der Waals surface area contributed by atoms with Crippen LogP contribution in [-0.2, 0) is 4.79 Å². The lowest BCUT2D eigenvalue weighted by atomic mass is 10.1. The maximum absolute atomic E-state index is 11.9. The molecule has 1 aromatic rings. The van der Waals surface area contributed by atoms with Crippen LogP contribution in [0.1, 0.15) is 19.3 Å². The Balaban J connectivity index is 1.95. The van der Waals surface area contributed by atoms with Crippen molar-refractivity contribution in [2.24, 2.45) is 0 Å². The number of halogens is 1. The number of hydrogen-bond donors (Lipinski definition) is 1. The lowest BCUT2D eigenvalue weighted by Gasteiger charge is -2.25. The second-order valence-electron chi connectivity index (χ2n) is 4.81. The van der Waals surface area contributed by atoms with Crippen molar-refractivity contribution in [1.82, 2.24) is 4.90 Å². The summed E-state index contributed by atoms with van der Waals surface area (Å²) in [6, 6.07) is 4.01. The van der Waals surface area contributed by atoms with Crippen LogP contribution in [0.25, 0.3) is 0 Å². The van der Waals surface area contributed by atoms with Gasteiger partial charge < -0.3 is 5.32 Å². The number of hydrogen-bond acceptors (Lipinski definition) is 4. The van der Waals surface area contributed by atoms with Gasteiger partial charge in [-0.3, -0.25) is 19.8 Å². The molecule has 1 aliphatic heterocycles. The average Bonchev–Trinajstić information content (AvgIpc) is 2.42. The fourth-order valence-electron chi connectivity index (χ4n) is 2.23. The van der Waals surface area contributed by atoms with Crippen molar-refractivity contribution in [2.45, 2.75) is 19.3 Å². The first-order chi connectivity index (χ1) is 9.56. The SMILES string of the molecule is O=C(CN1CCCCC1)Nc1ccc([N+](=O)[O-])cc1Cl. The summed E-state index contributed by atoms with van der Waals surface area (Å²) in [5.74, 6) is -0.150. The Morgan fingerprint density at radius 3 is 2.65 bits per heavy atom. The van der Waals surface area contributed by atoms with Gasteiger partial charge in [0.05, 0.1) is 22.2 Å². The lowest BCUT2D eigenvalue weighted by molar-refractivity contribution is -0.384. The summed E-state index contributed by atoms with van der Waals surface area (Å²) in [5, 5.41) is 13.5. The molecule has 0 bridgehead atoms. The largest absolute Gasteiger partial charge is 0.324 e. The summed E-state index contributed by atoms with van der Waals surface area (Å²) < 4.78 is 0. The molecule has 0 aromatic heterocycles. The molecule has 2 rings (SSSR count). The molecule has 108 valence electrons. The molecule has 0 aliphatic carbocycles. The summed E-state index contributed by atoms with van der Waals surface area (Å²) in [6.45, 7) is 2.19. The molecule has 0 radical (unpaired) electrons. The van der Waals surface area contributed by atoms with Gasteiger partial charge in [-0.15, -0.1) is 0 Å². The van der Waals surface area contributed by atoms with Gasteiger partial charge in [0, 0.05) is 12.1 Å². The molecule has 1 saturated heterocycles. The molecule has 1 fully saturated rings. The molecule has 1 heterocycles. The lowest BCUT2D eigenvalue weighted by Crippen LogP contribution is -2.36. The summed E-state index contributed by atoms with van der Waals surface area (Å²) in [7, 11) is 0. The predicted molar refractivity (Wildman–Crippen MR) is 77.0 cm³/mol. The molecule has 20 heavy (non-hydrogen) atoms. The van der Waals surface area contributed by atoms with Crippen molar-refractivity contribution in [3.05, 3.63) is 33.3 Å². The Morgan fingerprint density at radius 2 is 2.05 bits per heavy atom. The van der Waals surface area contributed by atoms with Crippen molar-refractivity contribution >= 4 is 28.9 Å². The zero-order valence-corrected chi connectivity index (χ0v) is 11.7. The number of amides is 1. The second kappa shape index (κ2) is 6.67. The van der Waals surface area contributed by atoms with Gasteiger partial charge in [-0.25, -0.2) is 0 Å². The van der Waals surface area contributed by atoms with E-state index in [2.05, 4.69) is 10.2 Å². The maximum atomic E-state index is 11.9. The maximum Gasteiger partial charge on any atom is 0.271 e. The molecule has 0 atom stereocenters. The van der Waals surface area contributed by atoms with Gasteiger partial charge in [-0.2, -0.15) is 0 Å². The van der Waals surface area contributed by atoms with Crippen LogP contribution in [0.3, 0.4) is 0 Å². The van der Waals surface area contributed by atoms with Crippen molar-refractivity contribution in [2.75, 3.05) is 25.0 Å². The Hall–Kier alpha value is -1.66. The van der Waals surface area contributed by atoms with Crippen LogP contribution >= 0.6 is 11.6 Å². The van der Waals surface area contributed by atoms with Crippen LogP contribution in [-0.4, -0.2) is 35.4 Å². The van der Waals surface area contributed by atoms with Crippen LogP contribution in [0.2, 0.25) is 5.02 Å². The van der Waals surface area contributed by atoms with E-state index in [0.717, 1.165) is 25.9 Å². The van der Waals surface area contributed by atoms with Gasteiger partial charge in [0.25, 0.3) is 5.69 Å². The highest BCUT2D eigenvalue weighted by Gasteiger charge is 2.15.